The van der Waals surface area contributed by atoms with Gasteiger partial charge in [-0.2, -0.15) is 17.0 Å². The van der Waals surface area contributed by atoms with Gasteiger partial charge in [0.2, 0.25) is 0 Å². The number of aryl methyl sites for hydroxylation is 1. The molecule has 3 heterocycles. The Morgan fingerprint density at radius 3 is 2.79 bits per heavy atom. The molecule has 1 aliphatic rings. The molecule has 1 atom stereocenters. The van der Waals surface area contributed by atoms with Crippen LogP contribution in [0.25, 0.3) is 5.65 Å². The number of nitrogens with one attached hydrogen (secondary N) is 1. The smallest absolute Gasteiger partial charge is 0.281 e. The Hall–Kier alpha value is -1.88. The standard InChI is InChI=1S/C18H27N5O4S.ClH/c1-5-27-15-9-7-11-23-16(13(2)19-17(15)23)18(24)20-14-8-6-10-22(12-14)28(25,26)21(3)4;/h7,9,11,14H,5-6,8,10,12H2,1-4H3,(H,20,24);1H/t14-;/m0./s1. The van der Waals surface area contributed by atoms with Crippen molar-refractivity contribution in [1.29, 1.82) is 0 Å². The van der Waals surface area contributed by atoms with Crippen molar-refractivity contribution in [1.82, 2.24) is 23.3 Å². The lowest BCUT2D eigenvalue weighted by atomic mass is 10.1. The van der Waals surface area contributed by atoms with Crippen molar-refractivity contribution in [3.05, 3.63) is 29.7 Å². The summed E-state index contributed by atoms with van der Waals surface area (Å²) in [6.45, 7) is 4.89. The lowest BCUT2D eigenvalue weighted by Gasteiger charge is -2.33. The van der Waals surface area contributed by atoms with E-state index in [9.17, 15) is 13.2 Å². The average Bonchev–Trinajstić information content (AvgIpc) is 2.99. The first-order valence-corrected chi connectivity index (χ1v) is 10.7. The third kappa shape index (κ3) is 4.66. The quantitative estimate of drug-likeness (QED) is 0.726. The predicted molar refractivity (Wildman–Crippen MR) is 113 cm³/mol. The van der Waals surface area contributed by atoms with Crippen LogP contribution in [0.1, 0.15) is 35.9 Å². The molecule has 0 radical (unpaired) electrons. The van der Waals surface area contributed by atoms with E-state index in [1.807, 2.05) is 19.1 Å². The van der Waals surface area contributed by atoms with E-state index in [4.69, 9.17) is 4.74 Å². The third-order valence-corrected chi connectivity index (χ3v) is 6.72. The van der Waals surface area contributed by atoms with Crippen LogP contribution in [0, 0.1) is 6.92 Å². The summed E-state index contributed by atoms with van der Waals surface area (Å²) >= 11 is 0. The number of hydrogen-bond donors (Lipinski definition) is 1. The van der Waals surface area contributed by atoms with Crippen molar-refractivity contribution < 1.29 is 17.9 Å². The second-order valence-corrected chi connectivity index (χ2v) is 9.15. The zero-order valence-electron chi connectivity index (χ0n) is 17.1. The molecule has 162 valence electrons. The number of ether oxygens (including phenoxy) is 1. The topological polar surface area (TPSA) is 96.2 Å². The molecule has 3 rings (SSSR count). The Morgan fingerprint density at radius 2 is 2.14 bits per heavy atom. The molecule has 29 heavy (non-hydrogen) atoms. The normalized spacial score (nSPS) is 17.9. The highest BCUT2D eigenvalue weighted by Crippen LogP contribution is 2.23. The van der Waals surface area contributed by atoms with Crippen molar-refractivity contribution in [2.75, 3.05) is 33.8 Å². The fourth-order valence-corrected chi connectivity index (χ4v) is 4.64. The van der Waals surface area contributed by atoms with Gasteiger partial charge in [-0.05, 0) is 38.8 Å². The predicted octanol–water partition coefficient (Wildman–Crippen LogP) is 1.46. The van der Waals surface area contributed by atoms with Crippen molar-refractivity contribution in [3.8, 4) is 5.75 Å². The van der Waals surface area contributed by atoms with Crippen molar-refractivity contribution in [2.24, 2.45) is 0 Å². The van der Waals surface area contributed by atoms with E-state index in [0.29, 0.717) is 42.4 Å². The Kier molecular flexibility index (Phi) is 7.50. The van der Waals surface area contributed by atoms with E-state index in [1.54, 1.807) is 17.5 Å². The highest BCUT2D eigenvalue weighted by molar-refractivity contribution is 7.86. The molecule has 11 heteroatoms. The maximum Gasteiger partial charge on any atom is 0.281 e. The minimum Gasteiger partial charge on any atom is -0.490 e. The summed E-state index contributed by atoms with van der Waals surface area (Å²) in [6.07, 6.45) is 3.19. The molecule has 0 spiro atoms. The monoisotopic (exact) mass is 445 g/mol. The van der Waals surface area contributed by atoms with Crippen molar-refractivity contribution in [3.63, 3.8) is 0 Å². The molecule has 0 aromatic carbocycles. The summed E-state index contributed by atoms with van der Waals surface area (Å²) in [7, 11) is -0.478. The third-order valence-electron chi connectivity index (χ3n) is 4.81. The highest BCUT2D eigenvalue weighted by Gasteiger charge is 2.32. The molecule has 2 aromatic heterocycles. The van der Waals surface area contributed by atoms with E-state index in [1.165, 1.54) is 22.7 Å². The molecule has 9 nitrogen and oxygen atoms in total. The molecule has 0 bridgehead atoms. The average molecular weight is 446 g/mol. The first kappa shape index (κ1) is 23.4. The van der Waals surface area contributed by atoms with Gasteiger partial charge in [0.25, 0.3) is 16.1 Å². The van der Waals surface area contributed by atoms with Crippen LogP contribution in [-0.2, 0) is 10.2 Å². The van der Waals surface area contributed by atoms with Crippen LogP contribution in [-0.4, -0.2) is 72.2 Å². The zero-order chi connectivity index (χ0) is 20.5. The highest BCUT2D eigenvalue weighted by atomic mass is 35.5. The summed E-state index contributed by atoms with van der Waals surface area (Å²) in [4.78, 5) is 17.5. The number of nitrogens with zero attached hydrogens (tertiary/aromatic N) is 4. The number of pyridine rings is 1. The van der Waals surface area contributed by atoms with Crippen molar-refractivity contribution in [2.45, 2.75) is 32.7 Å². The van der Waals surface area contributed by atoms with Crippen LogP contribution in [0.5, 0.6) is 5.75 Å². The van der Waals surface area contributed by atoms with Crippen molar-refractivity contribution >= 4 is 34.2 Å². The summed E-state index contributed by atoms with van der Waals surface area (Å²) in [5.41, 5.74) is 1.62. The first-order chi connectivity index (χ1) is 13.3. The van der Waals surface area contributed by atoms with E-state index < -0.39 is 10.2 Å². The molecule has 2 aromatic rings. The molecule has 1 N–H and O–H groups in total. The Labute approximate surface area is 177 Å². The Bertz CT molecular complexity index is 976. The van der Waals surface area contributed by atoms with Gasteiger partial charge in [0.15, 0.2) is 11.4 Å². The summed E-state index contributed by atoms with van der Waals surface area (Å²) in [5, 5.41) is 2.98. The second kappa shape index (κ2) is 9.29. The molecular weight excluding hydrogens is 418 g/mol. The number of carbonyl (C=O) groups excluding carboxylic acids is 1. The van der Waals surface area contributed by atoms with Crippen LogP contribution in [0.4, 0.5) is 0 Å². The molecule has 1 amide bonds. The Balaban J connectivity index is 0.00000300. The van der Waals surface area contributed by atoms with Gasteiger partial charge in [-0.1, -0.05) is 0 Å². The number of imidazole rings is 1. The SMILES string of the molecule is CCOc1cccn2c(C(=O)N[C@H]3CCCN(S(=O)(=O)N(C)C)C3)c(C)nc12.Cl. The molecule has 1 fully saturated rings. The fraction of sp³-hybridized carbons (Fsp3) is 0.556. The van der Waals surface area contributed by atoms with Crippen LogP contribution in [0.2, 0.25) is 0 Å². The number of amides is 1. The van der Waals surface area contributed by atoms with Crippen LogP contribution in [0.3, 0.4) is 0 Å². The number of fused-ring (bicyclic) bond motifs is 1. The Morgan fingerprint density at radius 1 is 1.41 bits per heavy atom. The van der Waals surface area contributed by atoms with E-state index in [2.05, 4.69) is 10.3 Å². The zero-order valence-corrected chi connectivity index (χ0v) is 18.7. The van der Waals surface area contributed by atoms with Gasteiger partial charge in [0.05, 0.1) is 12.3 Å². The number of piperidine rings is 1. The number of rotatable bonds is 6. The van der Waals surface area contributed by atoms with E-state index in [-0.39, 0.29) is 30.9 Å². The molecular formula is C18H28ClN5O4S. The molecule has 0 saturated carbocycles. The summed E-state index contributed by atoms with van der Waals surface area (Å²) in [6, 6.07) is 3.37. The van der Waals surface area contributed by atoms with Gasteiger partial charge in [-0.25, -0.2) is 4.98 Å². The van der Waals surface area contributed by atoms with Gasteiger partial charge in [0.1, 0.15) is 5.69 Å². The van der Waals surface area contributed by atoms with Gasteiger partial charge in [0, 0.05) is 39.4 Å². The minimum atomic E-state index is -3.50. The maximum atomic E-state index is 13.0. The van der Waals surface area contributed by atoms with E-state index in [0.717, 1.165) is 6.42 Å². The molecule has 1 saturated heterocycles. The van der Waals surface area contributed by atoms with Gasteiger partial charge in [-0.3, -0.25) is 9.20 Å². The molecule has 0 unspecified atom stereocenters. The van der Waals surface area contributed by atoms with Crippen LogP contribution in [0.15, 0.2) is 18.3 Å². The number of carbonyl (C=O) groups is 1. The second-order valence-electron chi connectivity index (χ2n) is 7.01. The number of halogens is 1. The fourth-order valence-electron chi connectivity index (χ4n) is 3.45. The van der Waals surface area contributed by atoms with Gasteiger partial charge < -0.3 is 10.1 Å². The molecule has 1 aliphatic heterocycles. The van der Waals surface area contributed by atoms with Crippen LogP contribution >= 0.6 is 12.4 Å². The lowest BCUT2D eigenvalue weighted by Crippen LogP contribution is -2.52. The lowest BCUT2D eigenvalue weighted by molar-refractivity contribution is 0.0914. The maximum absolute atomic E-state index is 13.0. The number of hydrogen-bond acceptors (Lipinski definition) is 5. The minimum absolute atomic E-state index is 0. The van der Waals surface area contributed by atoms with Crippen LogP contribution < -0.4 is 10.1 Å². The number of aromatic nitrogens is 2. The summed E-state index contributed by atoms with van der Waals surface area (Å²) in [5.74, 6) is 0.348. The summed E-state index contributed by atoms with van der Waals surface area (Å²) < 4.78 is 34.7. The van der Waals surface area contributed by atoms with Gasteiger partial charge in [-0.15, -0.1) is 12.4 Å². The largest absolute Gasteiger partial charge is 0.490 e. The first-order valence-electron chi connectivity index (χ1n) is 9.34. The van der Waals surface area contributed by atoms with Gasteiger partial charge >= 0.3 is 0 Å². The van der Waals surface area contributed by atoms with E-state index >= 15 is 0 Å². The molecule has 0 aliphatic carbocycles.